The average Bonchev–Trinajstić information content (AvgIpc) is 2.39. The predicted molar refractivity (Wildman–Crippen MR) is 69.0 cm³/mol. The highest BCUT2D eigenvalue weighted by molar-refractivity contribution is 5.90. The molecule has 0 radical (unpaired) electrons. The van der Waals surface area contributed by atoms with Crippen LogP contribution in [0.3, 0.4) is 0 Å². The summed E-state index contributed by atoms with van der Waals surface area (Å²) in [6.45, 7) is 1.92. The fourth-order valence-electron chi connectivity index (χ4n) is 2.26. The number of primary amides is 1. The van der Waals surface area contributed by atoms with Crippen molar-refractivity contribution in [2.45, 2.75) is 51.5 Å². The van der Waals surface area contributed by atoms with E-state index in [9.17, 15) is 14.4 Å². The predicted octanol–water partition coefficient (Wildman–Crippen LogP) is 0.490. The number of nitrogens with one attached hydrogen (secondary N) is 1. The second-order valence-corrected chi connectivity index (χ2v) is 4.81. The van der Waals surface area contributed by atoms with Gasteiger partial charge in [0.25, 0.3) is 0 Å². The summed E-state index contributed by atoms with van der Waals surface area (Å²) >= 11 is 0. The molecule has 6 nitrogen and oxygen atoms in total. The molecular formula is C13H22N2O4. The van der Waals surface area contributed by atoms with E-state index in [0.29, 0.717) is 0 Å². The summed E-state index contributed by atoms with van der Waals surface area (Å²) in [5, 5.41) is 2.56. The Morgan fingerprint density at radius 2 is 1.89 bits per heavy atom. The molecule has 3 N–H and O–H groups in total. The molecule has 108 valence electrons. The fourth-order valence-corrected chi connectivity index (χ4v) is 2.26. The highest BCUT2D eigenvalue weighted by Gasteiger charge is 2.27. The van der Waals surface area contributed by atoms with Crippen molar-refractivity contribution in [3.05, 3.63) is 0 Å². The van der Waals surface area contributed by atoms with E-state index >= 15 is 0 Å². The first-order chi connectivity index (χ1) is 9.04. The van der Waals surface area contributed by atoms with E-state index in [1.807, 2.05) is 0 Å². The third kappa shape index (κ3) is 5.28. The van der Waals surface area contributed by atoms with Crippen molar-refractivity contribution in [3.8, 4) is 0 Å². The Morgan fingerprint density at radius 1 is 1.26 bits per heavy atom. The normalized spacial score (nSPS) is 17.5. The van der Waals surface area contributed by atoms with Gasteiger partial charge in [0, 0.05) is 5.92 Å². The molecule has 1 rings (SSSR count). The number of ether oxygens (including phenoxy) is 1. The zero-order valence-electron chi connectivity index (χ0n) is 11.3. The van der Waals surface area contributed by atoms with Crippen molar-refractivity contribution in [2.75, 3.05) is 6.61 Å². The third-order valence-corrected chi connectivity index (χ3v) is 3.31. The summed E-state index contributed by atoms with van der Waals surface area (Å²) in [7, 11) is 0. The first-order valence-corrected chi connectivity index (χ1v) is 6.80. The smallest absolute Gasteiger partial charge is 0.308 e. The maximum Gasteiger partial charge on any atom is 0.308 e. The van der Waals surface area contributed by atoms with Crippen molar-refractivity contribution in [1.29, 1.82) is 0 Å². The molecule has 0 aromatic rings. The van der Waals surface area contributed by atoms with E-state index in [1.54, 1.807) is 6.92 Å². The van der Waals surface area contributed by atoms with Crippen LogP contribution in [0, 0.1) is 5.92 Å². The zero-order valence-corrected chi connectivity index (χ0v) is 11.3. The van der Waals surface area contributed by atoms with Crippen LogP contribution in [0.15, 0.2) is 0 Å². The van der Waals surface area contributed by atoms with Gasteiger partial charge in [0.05, 0.1) is 13.0 Å². The molecular weight excluding hydrogens is 248 g/mol. The Morgan fingerprint density at radius 3 is 2.42 bits per heavy atom. The molecule has 2 amide bonds. The molecule has 0 aliphatic heterocycles. The number of hydrogen-bond donors (Lipinski definition) is 2. The van der Waals surface area contributed by atoms with Gasteiger partial charge in [-0.1, -0.05) is 19.3 Å². The summed E-state index contributed by atoms with van der Waals surface area (Å²) in [5.74, 6) is -1.50. The van der Waals surface area contributed by atoms with Crippen LogP contribution in [0.25, 0.3) is 0 Å². The Hall–Kier alpha value is -1.59. The van der Waals surface area contributed by atoms with Gasteiger partial charge >= 0.3 is 5.97 Å². The van der Waals surface area contributed by atoms with E-state index in [0.717, 1.165) is 32.1 Å². The fraction of sp³-hybridized carbons (Fsp3) is 0.769. The lowest BCUT2D eigenvalue weighted by Gasteiger charge is -2.23. The lowest BCUT2D eigenvalue weighted by atomic mass is 9.88. The van der Waals surface area contributed by atoms with E-state index in [1.165, 1.54) is 0 Å². The van der Waals surface area contributed by atoms with Crippen LogP contribution in [0.5, 0.6) is 0 Å². The van der Waals surface area contributed by atoms with E-state index in [2.05, 4.69) is 5.32 Å². The maximum atomic E-state index is 12.0. The highest BCUT2D eigenvalue weighted by Crippen LogP contribution is 2.23. The van der Waals surface area contributed by atoms with Crippen molar-refractivity contribution < 1.29 is 19.1 Å². The van der Waals surface area contributed by atoms with Crippen molar-refractivity contribution in [3.63, 3.8) is 0 Å². The Bertz CT molecular complexity index is 338. The SMILES string of the molecule is CCOC(=O)C[C@H](NC(=O)C1CCCCC1)C(N)=O. The van der Waals surface area contributed by atoms with Gasteiger partial charge in [-0.2, -0.15) is 0 Å². The van der Waals surface area contributed by atoms with Gasteiger partial charge in [-0.3, -0.25) is 14.4 Å². The number of nitrogens with two attached hydrogens (primary N) is 1. The highest BCUT2D eigenvalue weighted by atomic mass is 16.5. The van der Waals surface area contributed by atoms with Gasteiger partial charge in [-0.15, -0.1) is 0 Å². The number of rotatable bonds is 6. The third-order valence-electron chi connectivity index (χ3n) is 3.31. The lowest BCUT2D eigenvalue weighted by molar-refractivity contribution is -0.145. The van der Waals surface area contributed by atoms with E-state index < -0.39 is 17.9 Å². The molecule has 0 unspecified atom stereocenters. The quantitative estimate of drug-likeness (QED) is 0.686. The van der Waals surface area contributed by atoms with Crippen molar-refractivity contribution in [2.24, 2.45) is 11.7 Å². The molecule has 1 fully saturated rings. The van der Waals surface area contributed by atoms with Gasteiger partial charge in [0.1, 0.15) is 6.04 Å². The van der Waals surface area contributed by atoms with E-state index in [4.69, 9.17) is 10.5 Å². The Balaban J connectivity index is 2.50. The van der Waals surface area contributed by atoms with Gasteiger partial charge < -0.3 is 15.8 Å². The minimum atomic E-state index is -0.978. The van der Waals surface area contributed by atoms with Gasteiger partial charge in [0.15, 0.2) is 0 Å². The van der Waals surface area contributed by atoms with Crippen molar-refractivity contribution in [1.82, 2.24) is 5.32 Å². The second kappa shape index (κ2) is 7.76. The number of amides is 2. The summed E-state index contributed by atoms with van der Waals surface area (Å²) < 4.78 is 4.75. The number of hydrogen-bond acceptors (Lipinski definition) is 4. The van der Waals surface area contributed by atoms with Crippen LogP contribution in [0.1, 0.15) is 45.4 Å². The molecule has 6 heteroatoms. The van der Waals surface area contributed by atoms with Crippen LogP contribution in [0.4, 0.5) is 0 Å². The molecule has 0 aromatic heterocycles. The van der Waals surface area contributed by atoms with Crippen LogP contribution < -0.4 is 11.1 Å². The molecule has 19 heavy (non-hydrogen) atoms. The number of carbonyl (C=O) groups is 3. The molecule has 0 heterocycles. The minimum absolute atomic E-state index is 0.0715. The Labute approximate surface area is 113 Å². The molecule has 0 aromatic carbocycles. The molecule has 1 atom stereocenters. The summed E-state index contributed by atoms with van der Waals surface area (Å²) in [4.78, 5) is 34.6. The largest absolute Gasteiger partial charge is 0.466 e. The van der Waals surface area contributed by atoms with Crippen molar-refractivity contribution >= 4 is 17.8 Å². The minimum Gasteiger partial charge on any atom is -0.466 e. The van der Waals surface area contributed by atoms with Gasteiger partial charge in [-0.25, -0.2) is 0 Å². The topological polar surface area (TPSA) is 98.5 Å². The van der Waals surface area contributed by atoms with Crippen LogP contribution in [0.2, 0.25) is 0 Å². The number of esters is 1. The van der Waals surface area contributed by atoms with Crippen LogP contribution in [-0.4, -0.2) is 30.4 Å². The maximum absolute atomic E-state index is 12.0. The van der Waals surface area contributed by atoms with Crippen LogP contribution >= 0.6 is 0 Å². The number of carbonyl (C=O) groups excluding carboxylic acids is 3. The molecule has 1 saturated carbocycles. The van der Waals surface area contributed by atoms with Crippen LogP contribution in [-0.2, 0) is 19.1 Å². The molecule has 1 aliphatic rings. The monoisotopic (exact) mass is 270 g/mol. The summed E-state index contributed by atoms with van der Waals surface area (Å²) in [6, 6.07) is -0.978. The first kappa shape index (κ1) is 15.5. The standard InChI is InChI=1S/C13H22N2O4/c1-2-19-11(16)8-10(12(14)17)15-13(18)9-6-4-3-5-7-9/h9-10H,2-8H2,1H3,(H2,14,17)(H,15,18)/t10-/m0/s1. The zero-order chi connectivity index (χ0) is 14.3. The summed E-state index contributed by atoms with van der Waals surface area (Å²) in [6.07, 6.45) is 4.65. The molecule has 1 aliphatic carbocycles. The summed E-state index contributed by atoms with van der Waals surface area (Å²) in [5.41, 5.74) is 5.20. The van der Waals surface area contributed by atoms with E-state index in [-0.39, 0.29) is 24.9 Å². The molecule has 0 spiro atoms. The first-order valence-electron chi connectivity index (χ1n) is 6.80. The average molecular weight is 270 g/mol. The second-order valence-electron chi connectivity index (χ2n) is 4.81. The Kier molecular flexibility index (Phi) is 6.32. The van der Waals surface area contributed by atoms with Gasteiger partial charge in [0.2, 0.25) is 11.8 Å². The molecule has 0 saturated heterocycles. The van der Waals surface area contributed by atoms with Gasteiger partial charge in [-0.05, 0) is 19.8 Å². The molecule has 0 bridgehead atoms. The lowest BCUT2D eigenvalue weighted by Crippen LogP contribution is -2.48.